The fourth-order valence-corrected chi connectivity index (χ4v) is 5.28. The van der Waals surface area contributed by atoms with E-state index in [-0.39, 0.29) is 29.0 Å². The number of hydrogen-bond donors (Lipinski definition) is 1. The van der Waals surface area contributed by atoms with Crippen LogP contribution in [0.25, 0.3) is 0 Å². The Labute approximate surface area is 224 Å². The zero-order chi connectivity index (χ0) is 27.9. The largest absolute Gasteiger partial charge is 0.354 e. The highest BCUT2D eigenvalue weighted by Crippen LogP contribution is 2.25. The van der Waals surface area contributed by atoms with Crippen LogP contribution in [0.5, 0.6) is 0 Å². The van der Waals surface area contributed by atoms with Crippen LogP contribution in [0.3, 0.4) is 0 Å². The molecule has 0 saturated heterocycles. The van der Waals surface area contributed by atoms with Crippen molar-refractivity contribution in [1.29, 1.82) is 0 Å². The molecular formula is C29H34FN3O4S. The molecule has 0 bridgehead atoms. The highest BCUT2D eigenvalue weighted by Gasteiger charge is 2.32. The van der Waals surface area contributed by atoms with Crippen LogP contribution in [0, 0.1) is 18.7 Å². The van der Waals surface area contributed by atoms with Gasteiger partial charge < -0.3 is 10.2 Å². The van der Waals surface area contributed by atoms with Crippen molar-refractivity contribution in [2.45, 2.75) is 45.2 Å². The summed E-state index contributed by atoms with van der Waals surface area (Å²) >= 11 is 0. The lowest BCUT2D eigenvalue weighted by molar-refractivity contribution is -0.139. The lowest BCUT2D eigenvalue weighted by Gasteiger charge is -2.32. The van der Waals surface area contributed by atoms with Crippen molar-refractivity contribution in [3.63, 3.8) is 0 Å². The van der Waals surface area contributed by atoms with Gasteiger partial charge in [-0.3, -0.25) is 13.9 Å². The van der Waals surface area contributed by atoms with Gasteiger partial charge in [-0.1, -0.05) is 56.3 Å². The summed E-state index contributed by atoms with van der Waals surface area (Å²) in [6.45, 7) is 7.52. The molecule has 0 saturated carbocycles. The van der Waals surface area contributed by atoms with Gasteiger partial charge in [-0.05, 0) is 67.3 Å². The fraction of sp³-hybridized carbons (Fsp3) is 0.310. The topological polar surface area (TPSA) is 86.8 Å². The number of hydrogen-bond acceptors (Lipinski definition) is 4. The summed E-state index contributed by atoms with van der Waals surface area (Å²) in [6, 6.07) is 19.3. The van der Waals surface area contributed by atoms with E-state index in [0.717, 1.165) is 39.7 Å². The summed E-state index contributed by atoms with van der Waals surface area (Å²) in [7, 11) is -4.23. The van der Waals surface area contributed by atoms with E-state index in [0.29, 0.717) is 6.54 Å². The highest BCUT2D eigenvalue weighted by molar-refractivity contribution is 7.92. The Hall–Kier alpha value is -3.72. The van der Waals surface area contributed by atoms with Crippen LogP contribution in [-0.2, 0) is 26.2 Å². The van der Waals surface area contributed by atoms with Gasteiger partial charge in [-0.25, -0.2) is 12.8 Å². The van der Waals surface area contributed by atoms with Crippen LogP contribution < -0.4 is 9.62 Å². The first-order valence-electron chi connectivity index (χ1n) is 12.5. The fourth-order valence-electron chi connectivity index (χ4n) is 3.86. The van der Waals surface area contributed by atoms with E-state index >= 15 is 0 Å². The van der Waals surface area contributed by atoms with Crippen LogP contribution in [0.2, 0.25) is 0 Å². The third kappa shape index (κ3) is 7.19. The molecule has 0 fully saturated rings. The molecule has 1 atom stereocenters. The first kappa shape index (κ1) is 28.8. The minimum Gasteiger partial charge on any atom is -0.354 e. The second-order valence-electron chi connectivity index (χ2n) is 9.56. The van der Waals surface area contributed by atoms with Crippen LogP contribution in [0.4, 0.5) is 10.1 Å². The zero-order valence-electron chi connectivity index (χ0n) is 22.1. The van der Waals surface area contributed by atoms with Crippen LogP contribution >= 0.6 is 0 Å². The Balaban J connectivity index is 1.99. The molecule has 0 aromatic heterocycles. The summed E-state index contributed by atoms with van der Waals surface area (Å²) in [4.78, 5) is 28.1. The van der Waals surface area contributed by atoms with Gasteiger partial charge in [-0.15, -0.1) is 0 Å². The summed E-state index contributed by atoms with van der Waals surface area (Å²) in [5, 5.41) is 2.86. The van der Waals surface area contributed by atoms with Crippen molar-refractivity contribution >= 4 is 27.5 Å². The standard InChI is InChI=1S/C29H34FN3O4S/c1-21(2)18-31-29(35)23(4)32(19-24-11-9-8-10-22(24)3)28(34)20-33(26-12-6-5-7-13-26)38(36,37)27-16-14-25(30)15-17-27/h5-17,21,23H,18-20H2,1-4H3,(H,31,35). The Kier molecular flexibility index (Phi) is 9.63. The van der Waals surface area contributed by atoms with Gasteiger partial charge in [0.15, 0.2) is 0 Å². The molecule has 1 unspecified atom stereocenters. The van der Waals surface area contributed by atoms with E-state index in [2.05, 4.69) is 5.32 Å². The molecule has 1 N–H and O–H groups in total. The van der Waals surface area contributed by atoms with E-state index in [9.17, 15) is 22.4 Å². The SMILES string of the molecule is Cc1ccccc1CN(C(=O)CN(c1ccccc1)S(=O)(=O)c1ccc(F)cc1)C(C)C(=O)NCC(C)C. The number of amides is 2. The monoisotopic (exact) mass is 539 g/mol. The number of para-hydroxylation sites is 1. The summed E-state index contributed by atoms with van der Waals surface area (Å²) in [5.41, 5.74) is 2.06. The zero-order valence-corrected chi connectivity index (χ0v) is 22.9. The van der Waals surface area contributed by atoms with Crippen LogP contribution in [-0.4, -0.2) is 44.3 Å². The van der Waals surface area contributed by atoms with Crippen LogP contribution in [0.1, 0.15) is 31.9 Å². The number of nitrogens with zero attached hydrogens (tertiary/aromatic N) is 2. The molecule has 0 aliphatic heterocycles. The number of aryl methyl sites for hydroxylation is 1. The minimum atomic E-state index is -4.23. The molecule has 2 amide bonds. The van der Waals surface area contributed by atoms with E-state index < -0.39 is 34.3 Å². The molecule has 38 heavy (non-hydrogen) atoms. The lowest BCUT2D eigenvalue weighted by Crippen LogP contribution is -2.51. The molecule has 7 nitrogen and oxygen atoms in total. The molecule has 0 spiro atoms. The van der Waals surface area contributed by atoms with Crippen molar-refractivity contribution in [3.05, 3.63) is 95.8 Å². The predicted octanol–water partition coefficient (Wildman–Crippen LogP) is 4.52. The van der Waals surface area contributed by atoms with Gasteiger partial charge in [0.05, 0.1) is 10.6 Å². The molecule has 9 heteroatoms. The van der Waals surface area contributed by atoms with E-state index in [1.807, 2.05) is 45.0 Å². The van der Waals surface area contributed by atoms with Gasteiger partial charge >= 0.3 is 0 Å². The smallest absolute Gasteiger partial charge is 0.264 e. The van der Waals surface area contributed by atoms with Gasteiger partial charge in [0.25, 0.3) is 10.0 Å². The third-order valence-electron chi connectivity index (χ3n) is 6.18. The number of benzene rings is 3. The molecule has 3 aromatic rings. The Morgan fingerprint density at radius 3 is 2.11 bits per heavy atom. The molecule has 0 heterocycles. The van der Waals surface area contributed by atoms with Crippen molar-refractivity contribution < 1.29 is 22.4 Å². The molecule has 3 rings (SSSR count). The average Bonchev–Trinajstić information content (AvgIpc) is 2.90. The summed E-state index contributed by atoms with van der Waals surface area (Å²) in [5.74, 6) is -1.22. The number of carbonyl (C=O) groups excluding carboxylic acids is 2. The number of nitrogens with one attached hydrogen (secondary N) is 1. The maximum Gasteiger partial charge on any atom is 0.264 e. The molecule has 202 valence electrons. The summed E-state index contributed by atoms with van der Waals surface area (Å²) in [6.07, 6.45) is 0. The van der Waals surface area contributed by atoms with Gasteiger partial charge in [0.2, 0.25) is 11.8 Å². The molecule has 0 aliphatic carbocycles. The maximum absolute atomic E-state index is 13.8. The number of rotatable bonds is 11. The first-order valence-corrected chi connectivity index (χ1v) is 13.9. The molecular weight excluding hydrogens is 505 g/mol. The van der Waals surface area contributed by atoms with Gasteiger partial charge in [0.1, 0.15) is 18.4 Å². The lowest BCUT2D eigenvalue weighted by atomic mass is 10.1. The third-order valence-corrected chi connectivity index (χ3v) is 7.97. The average molecular weight is 540 g/mol. The molecule has 0 aliphatic rings. The van der Waals surface area contributed by atoms with Crippen molar-refractivity contribution in [2.24, 2.45) is 5.92 Å². The van der Waals surface area contributed by atoms with E-state index in [1.54, 1.807) is 37.3 Å². The number of halogens is 1. The maximum atomic E-state index is 13.8. The minimum absolute atomic E-state index is 0.126. The molecule has 3 aromatic carbocycles. The second kappa shape index (κ2) is 12.7. The number of anilines is 1. The first-order chi connectivity index (χ1) is 18.0. The summed E-state index contributed by atoms with van der Waals surface area (Å²) < 4.78 is 41.8. The Bertz CT molecular complexity index is 1350. The van der Waals surface area contributed by atoms with E-state index in [4.69, 9.17) is 0 Å². The number of carbonyl (C=O) groups is 2. The Morgan fingerprint density at radius 2 is 1.50 bits per heavy atom. The highest BCUT2D eigenvalue weighted by atomic mass is 32.2. The van der Waals surface area contributed by atoms with Gasteiger partial charge in [0, 0.05) is 13.1 Å². The normalized spacial score (nSPS) is 12.2. The van der Waals surface area contributed by atoms with E-state index in [1.165, 1.54) is 4.90 Å². The molecule has 0 radical (unpaired) electrons. The second-order valence-corrected chi connectivity index (χ2v) is 11.4. The van der Waals surface area contributed by atoms with Crippen LogP contribution in [0.15, 0.2) is 83.8 Å². The predicted molar refractivity (Wildman–Crippen MR) is 146 cm³/mol. The quantitative estimate of drug-likeness (QED) is 0.388. The van der Waals surface area contributed by atoms with Crippen molar-refractivity contribution in [2.75, 3.05) is 17.4 Å². The Morgan fingerprint density at radius 1 is 0.895 bits per heavy atom. The van der Waals surface area contributed by atoms with Crippen molar-refractivity contribution in [3.8, 4) is 0 Å². The van der Waals surface area contributed by atoms with Gasteiger partial charge in [-0.2, -0.15) is 0 Å². The van der Waals surface area contributed by atoms with Crippen molar-refractivity contribution in [1.82, 2.24) is 10.2 Å². The number of sulfonamides is 1.